The Bertz CT molecular complexity index is 435. The number of rotatable bonds is 0. The molecule has 12 heavy (non-hydrogen) atoms. The molecule has 0 aliphatic carbocycles. The van der Waals surface area contributed by atoms with Gasteiger partial charge in [0.1, 0.15) is 5.52 Å². The van der Waals surface area contributed by atoms with Crippen LogP contribution in [0.3, 0.4) is 0 Å². The first-order valence-electron chi connectivity index (χ1n) is 3.33. The molecule has 0 unspecified atom stereocenters. The Hall–Kier alpha value is -0.800. The fourth-order valence-corrected chi connectivity index (χ4v) is 1.58. The molecule has 1 heterocycles. The first kappa shape index (κ1) is 7.83. The maximum Gasteiger partial charge on any atom is 0.131 e. The molecule has 0 bridgehead atoms. The minimum absolute atomic E-state index is 0.533. The van der Waals surface area contributed by atoms with E-state index >= 15 is 0 Å². The number of fused-ring (bicyclic) bond motifs is 1. The van der Waals surface area contributed by atoms with Crippen LogP contribution in [-0.4, -0.2) is 15.0 Å². The van der Waals surface area contributed by atoms with Crippen LogP contribution in [0.1, 0.15) is 0 Å². The zero-order chi connectivity index (χ0) is 8.72. The Morgan fingerprint density at radius 3 is 2.83 bits per heavy atom. The summed E-state index contributed by atoms with van der Waals surface area (Å²) in [6.07, 6.45) is 0. The molecule has 0 aliphatic heterocycles. The molecule has 2 rings (SSSR count). The fraction of sp³-hybridized carbons (Fsp3) is 0.143. The molecule has 0 saturated heterocycles. The van der Waals surface area contributed by atoms with Crippen molar-refractivity contribution in [2.24, 2.45) is 7.05 Å². The van der Waals surface area contributed by atoms with E-state index in [1.54, 1.807) is 23.9 Å². The van der Waals surface area contributed by atoms with Crippen molar-refractivity contribution in [2.45, 2.75) is 0 Å². The summed E-state index contributed by atoms with van der Waals surface area (Å²) in [7, 11) is 1.79. The first-order valence-corrected chi connectivity index (χ1v) is 4.08. The van der Waals surface area contributed by atoms with Crippen LogP contribution in [0.2, 0.25) is 10.0 Å². The molecule has 3 nitrogen and oxygen atoms in total. The molecule has 0 amide bonds. The van der Waals surface area contributed by atoms with Crippen molar-refractivity contribution in [1.82, 2.24) is 15.0 Å². The topological polar surface area (TPSA) is 30.7 Å². The van der Waals surface area contributed by atoms with Crippen LogP contribution in [0.4, 0.5) is 0 Å². The van der Waals surface area contributed by atoms with Gasteiger partial charge in [-0.2, -0.15) is 0 Å². The molecule has 2 aromatic rings. The predicted octanol–water partition coefficient (Wildman–Crippen LogP) is 2.28. The molecule has 62 valence electrons. The Morgan fingerprint density at radius 1 is 1.33 bits per heavy atom. The van der Waals surface area contributed by atoms with Gasteiger partial charge in [0.15, 0.2) is 0 Å². The van der Waals surface area contributed by atoms with Gasteiger partial charge in [-0.05, 0) is 12.1 Å². The number of aromatic nitrogens is 3. The van der Waals surface area contributed by atoms with E-state index in [1.807, 2.05) is 0 Å². The average molecular weight is 202 g/mol. The maximum atomic E-state index is 5.88. The highest BCUT2D eigenvalue weighted by Gasteiger charge is 2.06. The van der Waals surface area contributed by atoms with E-state index in [9.17, 15) is 0 Å². The second-order valence-corrected chi connectivity index (χ2v) is 3.31. The Balaban J connectivity index is 2.92. The highest BCUT2D eigenvalue weighted by atomic mass is 35.5. The number of halogens is 2. The van der Waals surface area contributed by atoms with Crippen molar-refractivity contribution in [1.29, 1.82) is 0 Å². The molecule has 1 aromatic carbocycles. The van der Waals surface area contributed by atoms with Crippen LogP contribution < -0.4 is 0 Å². The van der Waals surface area contributed by atoms with Crippen molar-refractivity contribution in [3.05, 3.63) is 22.2 Å². The molecule has 0 saturated carbocycles. The molecule has 5 heteroatoms. The highest BCUT2D eigenvalue weighted by Crippen LogP contribution is 2.25. The molecule has 1 aromatic heterocycles. The minimum Gasteiger partial charge on any atom is -0.248 e. The number of hydrogen-bond acceptors (Lipinski definition) is 2. The largest absolute Gasteiger partial charge is 0.248 e. The second kappa shape index (κ2) is 2.61. The fourth-order valence-electron chi connectivity index (χ4n) is 1.06. The average Bonchev–Trinajstić information content (AvgIpc) is 2.33. The SMILES string of the molecule is Cn1nnc2c(Cl)cc(Cl)cc21. The van der Waals surface area contributed by atoms with E-state index in [1.165, 1.54) is 0 Å². The van der Waals surface area contributed by atoms with Gasteiger partial charge in [0.2, 0.25) is 0 Å². The van der Waals surface area contributed by atoms with Gasteiger partial charge in [-0.1, -0.05) is 28.4 Å². The van der Waals surface area contributed by atoms with E-state index in [0.717, 1.165) is 5.52 Å². The Morgan fingerprint density at radius 2 is 2.08 bits per heavy atom. The van der Waals surface area contributed by atoms with Gasteiger partial charge < -0.3 is 0 Å². The third-order valence-electron chi connectivity index (χ3n) is 1.64. The van der Waals surface area contributed by atoms with Gasteiger partial charge in [0.05, 0.1) is 10.5 Å². The van der Waals surface area contributed by atoms with E-state index < -0.39 is 0 Å². The Kier molecular flexibility index (Phi) is 1.70. The first-order chi connectivity index (χ1) is 5.68. The summed E-state index contributed by atoms with van der Waals surface area (Å²) in [5, 5.41) is 8.83. The summed E-state index contributed by atoms with van der Waals surface area (Å²) in [5.41, 5.74) is 1.52. The summed E-state index contributed by atoms with van der Waals surface area (Å²) in [6, 6.07) is 3.43. The lowest BCUT2D eigenvalue weighted by molar-refractivity contribution is 0.736. The molecule has 0 spiro atoms. The van der Waals surface area contributed by atoms with Gasteiger partial charge in [-0.15, -0.1) is 5.10 Å². The number of hydrogen-bond donors (Lipinski definition) is 0. The summed E-state index contributed by atoms with van der Waals surface area (Å²) < 4.78 is 1.63. The molecule has 0 aliphatic rings. The minimum atomic E-state index is 0.533. The van der Waals surface area contributed by atoms with Gasteiger partial charge in [0, 0.05) is 12.1 Å². The third-order valence-corrected chi connectivity index (χ3v) is 2.14. The van der Waals surface area contributed by atoms with Crippen LogP contribution in [0, 0.1) is 0 Å². The quantitative estimate of drug-likeness (QED) is 0.655. The van der Waals surface area contributed by atoms with Crippen LogP contribution in [0.15, 0.2) is 12.1 Å². The summed E-state index contributed by atoms with van der Waals surface area (Å²) in [6.45, 7) is 0. The number of benzene rings is 1. The summed E-state index contributed by atoms with van der Waals surface area (Å²) in [4.78, 5) is 0. The third kappa shape index (κ3) is 1.06. The Labute approximate surface area is 78.9 Å². The van der Waals surface area contributed by atoms with Gasteiger partial charge >= 0.3 is 0 Å². The second-order valence-electron chi connectivity index (χ2n) is 2.47. The van der Waals surface area contributed by atoms with Gasteiger partial charge in [0.25, 0.3) is 0 Å². The molecular formula is C7H5Cl2N3. The zero-order valence-electron chi connectivity index (χ0n) is 6.25. The molecular weight excluding hydrogens is 197 g/mol. The van der Waals surface area contributed by atoms with Gasteiger partial charge in [-0.25, -0.2) is 4.68 Å². The van der Waals surface area contributed by atoms with E-state index in [2.05, 4.69) is 10.3 Å². The van der Waals surface area contributed by atoms with Crippen molar-refractivity contribution in [3.63, 3.8) is 0 Å². The van der Waals surface area contributed by atoms with Crippen LogP contribution in [0.5, 0.6) is 0 Å². The standard InChI is InChI=1S/C7H5Cl2N3/c1-12-6-3-4(8)2-5(9)7(6)10-11-12/h2-3H,1H3. The molecule has 0 fully saturated rings. The van der Waals surface area contributed by atoms with Crippen molar-refractivity contribution in [3.8, 4) is 0 Å². The molecule has 0 N–H and O–H groups in total. The maximum absolute atomic E-state index is 5.88. The zero-order valence-corrected chi connectivity index (χ0v) is 7.76. The van der Waals surface area contributed by atoms with Crippen LogP contribution in [-0.2, 0) is 7.05 Å². The normalized spacial score (nSPS) is 10.9. The van der Waals surface area contributed by atoms with Crippen LogP contribution >= 0.6 is 23.2 Å². The predicted molar refractivity (Wildman–Crippen MR) is 48.5 cm³/mol. The lowest BCUT2D eigenvalue weighted by Gasteiger charge is -1.94. The van der Waals surface area contributed by atoms with Crippen molar-refractivity contribution in [2.75, 3.05) is 0 Å². The van der Waals surface area contributed by atoms with Crippen molar-refractivity contribution < 1.29 is 0 Å². The number of nitrogens with zero attached hydrogens (tertiary/aromatic N) is 3. The van der Waals surface area contributed by atoms with E-state index in [-0.39, 0.29) is 0 Å². The monoisotopic (exact) mass is 201 g/mol. The smallest absolute Gasteiger partial charge is 0.131 e. The lowest BCUT2D eigenvalue weighted by Crippen LogP contribution is -1.88. The molecule has 0 radical (unpaired) electrons. The summed E-state index contributed by atoms with van der Waals surface area (Å²) in [5.74, 6) is 0. The van der Waals surface area contributed by atoms with Crippen LogP contribution in [0.25, 0.3) is 11.0 Å². The lowest BCUT2D eigenvalue weighted by atomic mass is 10.3. The van der Waals surface area contributed by atoms with E-state index in [0.29, 0.717) is 15.6 Å². The van der Waals surface area contributed by atoms with E-state index in [4.69, 9.17) is 23.2 Å². The number of aryl methyl sites for hydroxylation is 1. The van der Waals surface area contributed by atoms with Gasteiger partial charge in [-0.3, -0.25) is 0 Å². The molecule has 0 atom stereocenters. The summed E-state index contributed by atoms with van der Waals surface area (Å²) >= 11 is 11.7. The van der Waals surface area contributed by atoms with Crippen molar-refractivity contribution >= 4 is 34.2 Å². The highest BCUT2D eigenvalue weighted by molar-refractivity contribution is 6.38.